The van der Waals surface area contributed by atoms with Crippen LogP contribution in [-0.2, 0) is 11.3 Å². The SMILES string of the molecule is CC(C)(C)OC(=O)NCCCN(Cc1ccc(Cl)cc1)C(=O)c1ccccc1O. The van der Waals surface area contributed by atoms with Crippen molar-refractivity contribution in [2.45, 2.75) is 39.3 Å². The van der Waals surface area contributed by atoms with Crippen molar-refractivity contribution >= 4 is 23.6 Å². The predicted octanol–water partition coefficient (Wildman–Crippen LogP) is 4.60. The van der Waals surface area contributed by atoms with Crippen LogP contribution >= 0.6 is 11.6 Å². The number of nitrogens with zero attached hydrogens (tertiary/aromatic N) is 1. The predicted molar refractivity (Wildman–Crippen MR) is 113 cm³/mol. The van der Waals surface area contributed by atoms with E-state index in [-0.39, 0.29) is 17.2 Å². The quantitative estimate of drug-likeness (QED) is 0.644. The highest BCUT2D eigenvalue weighted by atomic mass is 35.5. The number of carbonyl (C=O) groups is 2. The van der Waals surface area contributed by atoms with Gasteiger partial charge in [0.05, 0.1) is 5.56 Å². The summed E-state index contributed by atoms with van der Waals surface area (Å²) in [6.07, 6.45) is 0.0420. The molecule has 0 aromatic heterocycles. The van der Waals surface area contributed by atoms with Gasteiger partial charge in [0.25, 0.3) is 5.91 Å². The summed E-state index contributed by atoms with van der Waals surface area (Å²) in [5.41, 5.74) is 0.589. The average molecular weight is 419 g/mol. The third-order valence-corrected chi connectivity index (χ3v) is 4.23. The Bertz CT molecular complexity index is 831. The molecule has 29 heavy (non-hydrogen) atoms. The van der Waals surface area contributed by atoms with E-state index >= 15 is 0 Å². The van der Waals surface area contributed by atoms with Crippen LogP contribution in [0.5, 0.6) is 5.75 Å². The van der Waals surface area contributed by atoms with E-state index in [1.807, 2.05) is 12.1 Å². The van der Waals surface area contributed by atoms with Crippen LogP contribution in [0.4, 0.5) is 4.79 Å². The van der Waals surface area contributed by atoms with Crippen LogP contribution in [0.25, 0.3) is 0 Å². The topological polar surface area (TPSA) is 78.9 Å². The fourth-order valence-corrected chi connectivity index (χ4v) is 2.79. The van der Waals surface area contributed by atoms with Crippen molar-refractivity contribution in [2.24, 2.45) is 0 Å². The van der Waals surface area contributed by atoms with Crippen molar-refractivity contribution in [3.63, 3.8) is 0 Å². The number of rotatable bonds is 7. The molecule has 7 heteroatoms. The minimum absolute atomic E-state index is 0.0644. The highest BCUT2D eigenvalue weighted by Crippen LogP contribution is 2.20. The van der Waals surface area contributed by atoms with Crippen LogP contribution in [0.15, 0.2) is 48.5 Å². The summed E-state index contributed by atoms with van der Waals surface area (Å²) in [6, 6.07) is 13.7. The smallest absolute Gasteiger partial charge is 0.407 e. The summed E-state index contributed by atoms with van der Waals surface area (Å²) >= 11 is 5.94. The number of para-hydroxylation sites is 1. The fourth-order valence-electron chi connectivity index (χ4n) is 2.66. The molecule has 0 heterocycles. The molecule has 0 saturated heterocycles. The zero-order valence-electron chi connectivity index (χ0n) is 16.9. The molecule has 0 spiro atoms. The second kappa shape index (κ2) is 10.2. The number of halogens is 1. The maximum atomic E-state index is 13.0. The minimum Gasteiger partial charge on any atom is -0.507 e. The third kappa shape index (κ3) is 7.66. The van der Waals surface area contributed by atoms with E-state index in [0.717, 1.165) is 5.56 Å². The van der Waals surface area contributed by atoms with Gasteiger partial charge >= 0.3 is 6.09 Å². The summed E-state index contributed by atoms with van der Waals surface area (Å²) in [5.74, 6) is -0.346. The molecule has 0 aliphatic carbocycles. The Labute approximate surface area is 176 Å². The minimum atomic E-state index is -0.564. The molecule has 0 atom stereocenters. The van der Waals surface area contributed by atoms with Gasteiger partial charge in [-0.3, -0.25) is 4.79 Å². The number of aromatic hydroxyl groups is 1. The number of benzene rings is 2. The second-order valence-corrected chi connectivity index (χ2v) is 8.09. The van der Waals surface area contributed by atoms with Crippen LogP contribution in [-0.4, -0.2) is 40.7 Å². The number of phenols is 1. The van der Waals surface area contributed by atoms with E-state index < -0.39 is 11.7 Å². The Morgan fingerprint density at radius 2 is 1.76 bits per heavy atom. The van der Waals surface area contributed by atoms with E-state index in [9.17, 15) is 14.7 Å². The number of hydrogen-bond acceptors (Lipinski definition) is 4. The number of hydrogen-bond donors (Lipinski definition) is 2. The molecular weight excluding hydrogens is 392 g/mol. The molecule has 2 aromatic carbocycles. The standard InChI is InChI=1S/C22H27ClN2O4/c1-22(2,3)29-21(28)24-13-6-14-25(15-16-9-11-17(23)12-10-16)20(27)18-7-4-5-8-19(18)26/h4-5,7-12,26H,6,13-15H2,1-3H3,(H,24,28). The molecular formula is C22H27ClN2O4. The lowest BCUT2D eigenvalue weighted by atomic mass is 10.1. The number of alkyl carbamates (subject to hydrolysis) is 1. The summed E-state index contributed by atoms with van der Waals surface area (Å²) < 4.78 is 5.21. The zero-order valence-corrected chi connectivity index (χ0v) is 17.7. The highest BCUT2D eigenvalue weighted by molar-refractivity contribution is 6.30. The number of ether oxygens (including phenoxy) is 1. The van der Waals surface area contributed by atoms with Gasteiger partial charge < -0.3 is 20.1 Å². The Morgan fingerprint density at radius 3 is 2.38 bits per heavy atom. The van der Waals surface area contributed by atoms with E-state index in [1.165, 1.54) is 6.07 Å². The Balaban J connectivity index is 2.02. The first-order valence-corrected chi connectivity index (χ1v) is 9.82. The largest absolute Gasteiger partial charge is 0.507 e. The van der Waals surface area contributed by atoms with Crippen LogP contribution in [0.3, 0.4) is 0 Å². The molecule has 0 bridgehead atoms. The van der Waals surface area contributed by atoms with Crippen molar-refractivity contribution in [2.75, 3.05) is 13.1 Å². The van der Waals surface area contributed by atoms with E-state index in [2.05, 4.69) is 5.32 Å². The highest BCUT2D eigenvalue weighted by Gasteiger charge is 2.20. The van der Waals surface area contributed by atoms with Gasteiger partial charge in [0.1, 0.15) is 11.4 Å². The molecule has 0 aliphatic rings. The van der Waals surface area contributed by atoms with Gasteiger partial charge in [0, 0.05) is 24.7 Å². The summed E-state index contributed by atoms with van der Waals surface area (Å²) in [5, 5.41) is 13.4. The van der Waals surface area contributed by atoms with E-state index in [1.54, 1.807) is 56.0 Å². The van der Waals surface area contributed by atoms with Crippen molar-refractivity contribution in [1.82, 2.24) is 10.2 Å². The lowest BCUT2D eigenvalue weighted by Gasteiger charge is -2.24. The molecule has 0 radical (unpaired) electrons. The zero-order chi connectivity index (χ0) is 21.4. The molecule has 0 fully saturated rings. The maximum Gasteiger partial charge on any atom is 0.407 e. The number of phenolic OH excluding ortho intramolecular Hbond substituents is 1. The van der Waals surface area contributed by atoms with Gasteiger partial charge in [-0.05, 0) is 57.0 Å². The number of carbonyl (C=O) groups excluding carboxylic acids is 2. The van der Waals surface area contributed by atoms with Crippen molar-refractivity contribution in [3.05, 3.63) is 64.7 Å². The van der Waals surface area contributed by atoms with Crippen LogP contribution in [0.1, 0.15) is 43.1 Å². The Kier molecular flexibility index (Phi) is 7.91. The number of nitrogens with one attached hydrogen (secondary N) is 1. The average Bonchev–Trinajstić information content (AvgIpc) is 2.64. The van der Waals surface area contributed by atoms with Crippen molar-refractivity contribution in [1.29, 1.82) is 0 Å². The lowest BCUT2D eigenvalue weighted by molar-refractivity contribution is 0.0525. The molecule has 2 rings (SSSR count). The van der Waals surface area contributed by atoms with Gasteiger partial charge in [0.2, 0.25) is 0 Å². The van der Waals surface area contributed by atoms with Crippen LogP contribution in [0, 0.1) is 0 Å². The monoisotopic (exact) mass is 418 g/mol. The van der Waals surface area contributed by atoms with Gasteiger partial charge in [-0.1, -0.05) is 35.9 Å². The molecule has 2 N–H and O–H groups in total. The third-order valence-electron chi connectivity index (χ3n) is 3.98. The molecule has 2 amide bonds. The molecule has 2 aromatic rings. The van der Waals surface area contributed by atoms with Crippen molar-refractivity contribution in [3.8, 4) is 5.75 Å². The Morgan fingerprint density at radius 1 is 1.10 bits per heavy atom. The first-order chi connectivity index (χ1) is 13.7. The summed E-state index contributed by atoms with van der Waals surface area (Å²) in [7, 11) is 0. The van der Waals surface area contributed by atoms with Crippen LogP contribution < -0.4 is 5.32 Å². The normalized spacial score (nSPS) is 11.0. The Hall–Kier alpha value is -2.73. The second-order valence-electron chi connectivity index (χ2n) is 7.65. The van der Waals surface area contributed by atoms with Crippen LogP contribution in [0.2, 0.25) is 5.02 Å². The van der Waals surface area contributed by atoms with Gasteiger partial charge in [0.15, 0.2) is 0 Å². The molecule has 6 nitrogen and oxygen atoms in total. The first kappa shape index (κ1) is 22.6. The summed E-state index contributed by atoms with van der Waals surface area (Å²) in [6.45, 7) is 6.50. The van der Waals surface area contributed by atoms with Gasteiger partial charge in [-0.25, -0.2) is 4.79 Å². The summed E-state index contributed by atoms with van der Waals surface area (Å²) in [4.78, 5) is 26.4. The molecule has 0 saturated carbocycles. The lowest BCUT2D eigenvalue weighted by Crippen LogP contribution is -2.36. The molecule has 156 valence electrons. The maximum absolute atomic E-state index is 13.0. The van der Waals surface area contributed by atoms with E-state index in [4.69, 9.17) is 16.3 Å². The van der Waals surface area contributed by atoms with E-state index in [0.29, 0.717) is 31.1 Å². The first-order valence-electron chi connectivity index (χ1n) is 9.44. The van der Waals surface area contributed by atoms with Crippen molar-refractivity contribution < 1.29 is 19.4 Å². The number of amides is 2. The van der Waals surface area contributed by atoms with Gasteiger partial charge in [-0.15, -0.1) is 0 Å². The fraction of sp³-hybridized carbons (Fsp3) is 0.364. The molecule has 0 aliphatic heterocycles. The van der Waals surface area contributed by atoms with Gasteiger partial charge in [-0.2, -0.15) is 0 Å². The molecule has 0 unspecified atom stereocenters.